The molecular weight excluding hydrogens is 238 g/mol. The van der Waals surface area contributed by atoms with Crippen LogP contribution < -0.4 is 5.73 Å². The highest BCUT2D eigenvalue weighted by Crippen LogP contribution is 2.17. The van der Waals surface area contributed by atoms with Gasteiger partial charge >= 0.3 is 0 Å². The van der Waals surface area contributed by atoms with Crippen molar-refractivity contribution >= 4 is 8.32 Å². The van der Waals surface area contributed by atoms with Crippen molar-refractivity contribution in [1.29, 1.82) is 0 Å². The fourth-order valence-corrected chi connectivity index (χ4v) is 4.42. The Bertz CT molecular complexity index is 174. The van der Waals surface area contributed by atoms with Crippen molar-refractivity contribution in [2.75, 3.05) is 13.2 Å². The van der Waals surface area contributed by atoms with E-state index in [1.807, 2.05) is 0 Å². The van der Waals surface area contributed by atoms with Gasteiger partial charge in [0, 0.05) is 6.61 Å². The number of nitrogens with two attached hydrogens (primary N) is 1. The molecule has 3 heteroatoms. The lowest BCUT2D eigenvalue weighted by molar-refractivity contribution is 0.327. The third kappa shape index (κ3) is 12.6. The van der Waals surface area contributed by atoms with Crippen molar-refractivity contribution in [3.63, 3.8) is 0 Å². The smallest absolute Gasteiger partial charge is 0.186 e. The summed E-state index contributed by atoms with van der Waals surface area (Å²) in [6.07, 6.45) is 12.3. The van der Waals surface area contributed by atoms with Gasteiger partial charge in [-0.2, -0.15) is 0 Å². The Morgan fingerprint density at radius 1 is 0.778 bits per heavy atom. The molecule has 0 aliphatic rings. The average Bonchev–Trinajstić information content (AvgIpc) is 2.31. The van der Waals surface area contributed by atoms with E-state index in [2.05, 4.69) is 20.0 Å². The molecule has 0 aliphatic heterocycles. The van der Waals surface area contributed by atoms with Crippen molar-refractivity contribution in [1.82, 2.24) is 0 Å². The van der Waals surface area contributed by atoms with Gasteiger partial charge in [0.1, 0.15) is 0 Å². The second-order valence-electron chi connectivity index (χ2n) is 5.91. The molecule has 0 radical (unpaired) electrons. The van der Waals surface area contributed by atoms with Crippen LogP contribution in [-0.2, 0) is 4.43 Å². The largest absolute Gasteiger partial charge is 0.418 e. The molecule has 0 aromatic carbocycles. The lowest BCUT2D eigenvalue weighted by Gasteiger charge is -2.21. The van der Waals surface area contributed by atoms with Crippen LogP contribution in [0.5, 0.6) is 0 Å². The van der Waals surface area contributed by atoms with Crippen LogP contribution in [0.25, 0.3) is 0 Å². The molecule has 2 N–H and O–H groups in total. The SMILES string of the molecule is CCO[Si](C)(C)CCCCCCCCCCCN. The Kier molecular flexibility index (Phi) is 12.3. The minimum absolute atomic E-state index is 0.861. The molecule has 110 valence electrons. The highest BCUT2D eigenvalue weighted by atomic mass is 28.4. The zero-order valence-electron chi connectivity index (χ0n) is 13.0. The van der Waals surface area contributed by atoms with E-state index in [0.29, 0.717) is 0 Å². The van der Waals surface area contributed by atoms with Crippen molar-refractivity contribution in [3.05, 3.63) is 0 Å². The molecule has 0 heterocycles. The summed E-state index contributed by atoms with van der Waals surface area (Å²) >= 11 is 0. The van der Waals surface area contributed by atoms with Crippen LogP contribution in [0.2, 0.25) is 19.1 Å². The van der Waals surface area contributed by atoms with E-state index < -0.39 is 8.32 Å². The van der Waals surface area contributed by atoms with Gasteiger partial charge in [-0.1, -0.05) is 51.4 Å². The maximum atomic E-state index is 5.84. The topological polar surface area (TPSA) is 35.2 Å². The summed E-state index contributed by atoms with van der Waals surface area (Å²) in [7, 11) is -1.31. The first-order valence-corrected chi connectivity index (χ1v) is 11.1. The predicted octanol–water partition coefficient (Wildman–Crippen LogP) is 4.70. The van der Waals surface area contributed by atoms with Gasteiger partial charge in [0.25, 0.3) is 0 Å². The van der Waals surface area contributed by atoms with Crippen LogP contribution in [0.1, 0.15) is 64.7 Å². The van der Waals surface area contributed by atoms with Crippen LogP contribution >= 0.6 is 0 Å². The van der Waals surface area contributed by atoms with Crippen molar-refractivity contribution in [3.8, 4) is 0 Å². The fraction of sp³-hybridized carbons (Fsp3) is 1.00. The molecular formula is C15H35NOSi. The van der Waals surface area contributed by atoms with Gasteiger partial charge in [-0.05, 0) is 39.0 Å². The number of unbranched alkanes of at least 4 members (excludes halogenated alkanes) is 8. The maximum absolute atomic E-state index is 5.84. The van der Waals surface area contributed by atoms with Crippen molar-refractivity contribution in [2.45, 2.75) is 83.8 Å². The zero-order chi connectivity index (χ0) is 13.7. The van der Waals surface area contributed by atoms with Gasteiger partial charge in [0.15, 0.2) is 8.32 Å². The van der Waals surface area contributed by atoms with E-state index in [9.17, 15) is 0 Å². The Morgan fingerprint density at radius 2 is 1.22 bits per heavy atom. The molecule has 0 bridgehead atoms. The summed E-state index contributed by atoms with van der Waals surface area (Å²) < 4.78 is 5.84. The number of rotatable bonds is 13. The van der Waals surface area contributed by atoms with Gasteiger partial charge in [0.2, 0.25) is 0 Å². The van der Waals surface area contributed by atoms with Gasteiger partial charge in [0.05, 0.1) is 0 Å². The molecule has 0 aromatic rings. The molecule has 0 aliphatic carbocycles. The second kappa shape index (κ2) is 12.2. The molecule has 0 saturated carbocycles. The highest BCUT2D eigenvalue weighted by molar-refractivity contribution is 6.71. The second-order valence-corrected chi connectivity index (χ2v) is 10.2. The van der Waals surface area contributed by atoms with E-state index in [1.54, 1.807) is 0 Å². The van der Waals surface area contributed by atoms with E-state index in [0.717, 1.165) is 13.2 Å². The fourth-order valence-electron chi connectivity index (χ4n) is 2.40. The Balaban J connectivity index is 3.16. The normalized spacial score (nSPS) is 12.0. The Morgan fingerprint density at radius 3 is 1.67 bits per heavy atom. The van der Waals surface area contributed by atoms with Crippen LogP contribution in [0, 0.1) is 0 Å². The van der Waals surface area contributed by atoms with Gasteiger partial charge in [-0.3, -0.25) is 0 Å². The number of hydrogen-bond donors (Lipinski definition) is 1. The van der Waals surface area contributed by atoms with Crippen LogP contribution in [-0.4, -0.2) is 21.5 Å². The highest BCUT2D eigenvalue weighted by Gasteiger charge is 2.20. The average molecular weight is 274 g/mol. The summed E-state index contributed by atoms with van der Waals surface area (Å²) in [4.78, 5) is 0. The van der Waals surface area contributed by atoms with Gasteiger partial charge in [-0.25, -0.2) is 0 Å². The summed E-state index contributed by atoms with van der Waals surface area (Å²) in [5.74, 6) is 0. The molecule has 18 heavy (non-hydrogen) atoms. The zero-order valence-corrected chi connectivity index (χ0v) is 14.0. The van der Waals surface area contributed by atoms with Crippen molar-refractivity contribution < 1.29 is 4.43 Å². The van der Waals surface area contributed by atoms with Gasteiger partial charge < -0.3 is 10.2 Å². The third-order valence-corrected chi connectivity index (χ3v) is 6.15. The number of hydrogen-bond acceptors (Lipinski definition) is 2. The van der Waals surface area contributed by atoms with Crippen LogP contribution in [0.3, 0.4) is 0 Å². The molecule has 0 saturated heterocycles. The molecule has 0 aromatic heterocycles. The first-order chi connectivity index (χ1) is 8.62. The van der Waals surface area contributed by atoms with E-state index >= 15 is 0 Å². The molecule has 2 nitrogen and oxygen atoms in total. The summed E-state index contributed by atoms with van der Waals surface area (Å²) in [6.45, 7) is 8.54. The predicted molar refractivity (Wildman–Crippen MR) is 84.5 cm³/mol. The first-order valence-electron chi connectivity index (χ1n) is 7.96. The quantitative estimate of drug-likeness (QED) is 0.390. The Labute approximate surface area is 116 Å². The van der Waals surface area contributed by atoms with E-state index in [4.69, 9.17) is 10.2 Å². The van der Waals surface area contributed by atoms with E-state index in [-0.39, 0.29) is 0 Å². The minimum atomic E-state index is -1.31. The summed E-state index contributed by atoms with van der Waals surface area (Å²) in [5.41, 5.74) is 5.47. The molecule has 0 unspecified atom stereocenters. The molecule has 0 fully saturated rings. The van der Waals surface area contributed by atoms with Crippen molar-refractivity contribution in [2.24, 2.45) is 5.73 Å². The molecule has 0 spiro atoms. The summed E-state index contributed by atoms with van der Waals surface area (Å²) in [6, 6.07) is 1.33. The lowest BCUT2D eigenvalue weighted by Crippen LogP contribution is -2.29. The first kappa shape index (κ1) is 18.1. The van der Waals surface area contributed by atoms with Crippen LogP contribution in [0.4, 0.5) is 0 Å². The molecule has 0 atom stereocenters. The summed E-state index contributed by atoms with van der Waals surface area (Å²) in [5, 5.41) is 0. The van der Waals surface area contributed by atoms with Gasteiger partial charge in [-0.15, -0.1) is 0 Å². The molecule has 0 amide bonds. The standard InChI is InChI=1S/C15H35NOSi/c1-4-17-18(2,3)15-13-11-9-7-5-6-8-10-12-14-16/h4-16H2,1-3H3. The monoisotopic (exact) mass is 273 g/mol. The molecule has 0 rings (SSSR count). The minimum Gasteiger partial charge on any atom is -0.418 e. The maximum Gasteiger partial charge on any atom is 0.186 e. The Hall–Kier alpha value is 0.137. The van der Waals surface area contributed by atoms with Crippen LogP contribution in [0.15, 0.2) is 0 Å². The third-order valence-electron chi connectivity index (χ3n) is 3.52. The lowest BCUT2D eigenvalue weighted by atomic mass is 10.1. The van der Waals surface area contributed by atoms with E-state index in [1.165, 1.54) is 63.8 Å².